The van der Waals surface area contributed by atoms with Gasteiger partial charge in [-0.1, -0.05) is 12.1 Å². The summed E-state index contributed by atoms with van der Waals surface area (Å²) in [6.07, 6.45) is 2.52. The van der Waals surface area contributed by atoms with Crippen LogP contribution in [0.25, 0.3) is 0 Å². The molecule has 2 rings (SSSR count). The molecule has 1 atom stereocenters. The molecule has 0 saturated heterocycles. The Labute approximate surface area is 107 Å². The van der Waals surface area contributed by atoms with Gasteiger partial charge in [0.1, 0.15) is 6.10 Å². The third-order valence-electron chi connectivity index (χ3n) is 3.36. The van der Waals surface area contributed by atoms with Crippen molar-refractivity contribution in [2.24, 2.45) is 0 Å². The number of rotatable bonds is 2. The Morgan fingerprint density at radius 2 is 1.72 bits per heavy atom. The summed E-state index contributed by atoms with van der Waals surface area (Å²) in [5.74, 6) is 0. The van der Waals surface area contributed by atoms with E-state index in [9.17, 15) is 5.11 Å². The molecule has 0 aliphatic rings. The molecule has 18 heavy (non-hydrogen) atoms. The lowest BCUT2D eigenvalue weighted by atomic mass is 9.94. The van der Waals surface area contributed by atoms with Gasteiger partial charge in [-0.05, 0) is 49.1 Å². The summed E-state index contributed by atoms with van der Waals surface area (Å²) in [5.41, 5.74) is 11.4. The molecule has 0 radical (unpaired) electrons. The first-order valence-electron chi connectivity index (χ1n) is 5.96. The fourth-order valence-electron chi connectivity index (χ4n) is 2.09. The van der Waals surface area contributed by atoms with Crippen molar-refractivity contribution in [1.82, 2.24) is 4.98 Å². The average Bonchev–Trinajstić information content (AvgIpc) is 2.33. The minimum Gasteiger partial charge on any atom is -0.398 e. The van der Waals surface area contributed by atoms with Crippen LogP contribution in [0.3, 0.4) is 0 Å². The lowest BCUT2D eigenvalue weighted by Crippen LogP contribution is -2.06. The molecule has 0 bridgehead atoms. The van der Waals surface area contributed by atoms with Gasteiger partial charge in [0, 0.05) is 23.6 Å². The van der Waals surface area contributed by atoms with Gasteiger partial charge in [0.15, 0.2) is 0 Å². The maximum absolute atomic E-state index is 10.4. The van der Waals surface area contributed by atoms with E-state index in [0.717, 1.165) is 16.7 Å². The van der Waals surface area contributed by atoms with E-state index >= 15 is 0 Å². The van der Waals surface area contributed by atoms with Crippen molar-refractivity contribution < 1.29 is 5.11 Å². The Balaban J connectivity index is 2.50. The third kappa shape index (κ3) is 2.22. The number of nitrogens with zero attached hydrogens (tertiary/aromatic N) is 1. The first-order chi connectivity index (χ1) is 8.50. The molecule has 2 aromatic rings. The van der Waals surface area contributed by atoms with Gasteiger partial charge in [-0.3, -0.25) is 4.98 Å². The molecule has 1 aromatic carbocycles. The first-order valence-corrected chi connectivity index (χ1v) is 5.96. The maximum Gasteiger partial charge on any atom is 0.108 e. The predicted molar refractivity (Wildman–Crippen MR) is 73.4 cm³/mol. The normalized spacial score (nSPS) is 12.4. The monoisotopic (exact) mass is 242 g/mol. The maximum atomic E-state index is 10.4. The Morgan fingerprint density at radius 3 is 2.39 bits per heavy atom. The van der Waals surface area contributed by atoms with Crippen molar-refractivity contribution in [2.45, 2.75) is 26.9 Å². The van der Waals surface area contributed by atoms with Crippen LogP contribution in [0.2, 0.25) is 0 Å². The number of aryl methyl sites for hydroxylation is 3. The van der Waals surface area contributed by atoms with Crippen molar-refractivity contribution in [3.05, 3.63) is 58.4 Å². The van der Waals surface area contributed by atoms with Crippen LogP contribution < -0.4 is 5.73 Å². The molecule has 1 aromatic heterocycles. The number of nitrogens with two attached hydrogens (primary N) is 1. The molecule has 3 nitrogen and oxygen atoms in total. The quantitative estimate of drug-likeness (QED) is 0.851. The number of benzene rings is 1. The highest BCUT2D eigenvalue weighted by atomic mass is 16.3. The van der Waals surface area contributed by atoms with Crippen LogP contribution in [0.1, 0.15) is 33.9 Å². The van der Waals surface area contributed by atoms with E-state index in [-0.39, 0.29) is 0 Å². The lowest BCUT2D eigenvalue weighted by Gasteiger charge is -2.17. The van der Waals surface area contributed by atoms with Crippen molar-refractivity contribution in [1.29, 1.82) is 0 Å². The zero-order valence-electron chi connectivity index (χ0n) is 10.9. The van der Waals surface area contributed by atoms with E-state index in [1.807, 2.05) is 19.9 Å². The second-order valence-corrected chi connectivity index (χ2v) is 4.70. The van der Waals surface area contributed by atoms with E-state index < -0.39 is 6.10 Å². The Bertz CT molecular complexity index is 579. The van der Waals surface area contributed by atoms with Gasteiger partial charge in [-0.15, -0.1) is 0 Å². The summed E-state index contributed by atoms with van der Waals surface area (Å²) in [5, 5.41) is 10.4. The second kappa shape index (κ2) is 4.78. The zero-order chi connectivity index (χ0) is 13.3. The number of aliphatic hydroxyl groups is 1. The van der Waals surface area contributed by atoms with Gasteiger partial charge in [-0.2, -0.15) is 0 Å². The van der Waals surface area contributed by atoms with Crippen LogP contribution in [-0.4, -0.2) is 10.1 Å². The van der Waals surface area contributed by atoms with Crippen LogP contribution in [-0.2, 0) is 0 Å². The van der Waals surface area contributed by atoms with Crippen molar-refractivity contribution in [3.8, 4) is 0 Å². The first kappa shape index (κ1) is 12.6. The summed E-state index contributed by atoms with van der Waals surface area (Å²) in [6, 6.07) is 5.80. The van der Waals surface area contributed by atoms with Gasteiger partial charge >= 0.3 is 0 Å². The molecule has 94 valence electrons. The minimum absolute atomic E-state index is 0.565. The lowest BCUT2D eigenvalue weighted by molar-refractivity contribution is 0.220. The summed E-state index contributed by atoms with van der Waals surface area (Å²) in [6.45, 7) is 6.10. The molecular weight excluding hydrogens is 224 g/mol. The second-order valence-electron chi connectivity index (χ2n) is 4.70. The SMILES string of the molecule is Cc1cc(C)c(C(O)c2cnccc2N)cc1C. The van der Waals surface area contributed by atoms with Crippen LogP contribution in [0.15, 0.2) is 30.6 Å². The topological polar surface area (TPSA) is 59.1 Å². The van der Waals surface area contributed by atoms with Gasteiger partial charge in [0.05, 0.1) is 0 Å². The summed E-state index contributed by atoms with van der Waals surface area (Å²) >= 11 is 0. The van der Waals surface area contributed by atoms with Crippen LogP contribution in [0.4, 0.5) is 5.69 Å². The van der Waals surface area contributed by atoms with E-state index in [0.29, 0.717) is 11.3 Å². The summed E-state index contributed by atoms with van der Waals surface area (Å²) in [7, 11) is 0. The van der Waals surface area contributed by atoms with Gasteiger partial charge in [-0.25, -0.2) is 0 Å². The highest BCUT2D eigenvalue weighted by molar-refractivity contribution is 5.50. The summed E-state index contributed by atoms with van der Waals surface area (Å²) < 4.78 is 0. The standard InChI is InChI=1S/C15H18N2O/c1-9-6-11(3)12(7-10(9)2)15(18)13-8-17-5-4-14(13)16/h4-8,15,18H,1-3H3,(H2,16,17). The molecular formula is C15H18N2O. The molecule has 0 amide bonds. The fourth-order valence-corrected chi connectivity index (χ4v) is 2.09. The number of aliphatic hydroxyl groups excluding tert-OH is 1. The van der Waals surface area contributed by atoms with Crippen LogP contribution in [0, 0.1) is 20.8 Å². The van der Waals surface area contributed by atoms with Crippen molar-refractivity contribution >= 4 is 5.69 Å². The molecule has 0 saturated carbocycles. The number of hydrogen-bond donors (Lipinski definition) is 2. The Hall–Kier alpha value is -1.87. The molecule has 0 spiro atoms. The van der Waals surface area contributed by atoms with E-state index in [1.54, 1.807) is 18.5 Å². The third-order valence-corrected chi connectivity index (χ3v) is 3.36. The average molecular weight is 242 g/mol. The van der Waals surface area contributed by atoms with E-state index in [1.165, 1.54) is 5.56 Å². The van der Waals surface area contributed by atoms with Gasteiger partial charge < -0.3 is 10.8 Å². The Kier molecular flexibility index (Phi) is 3.34. The van der Waals surface area contributed by atoms with Crippen LogP contribution >= 0.6 is 0 Å². The predicted octanol–water partition coefficient (Wildman–Crippen LogP) is 2.67. The number of aromatic nitrogens is 1. The van der Waals surface area contributed by atoms with E-state index in [4.69, 9.17) is 5.73 Å². The number of anilines is 1. The van der Waals surface area contributed by atoms with Gasteiger partial charge in [0.2, 0.25) is 0 Å². The smallest absolute Gasteiger partial charge is 0.108 e. The minimum atomic E-state index is -0.724. The highest BCUT2D eigenvalue weighted by Crippen LogP contribution is 2.29. The highest BCUT2D eigenvalue weighted by Gasteiger charge is 2.16. The van der Waals surface area contributed by atoms with Crippen LogP contribution in [0.5, 0.6) is 0 Å². The largest absolute Gasteiger partial charge is 0.398 e. The Morgan fingerprint density at radius 1 is 1.06 bits per heavy atom. The van der Waals surface area contributed by atoms with Crippen molar-refractivity contribution in [2.75, 3.05) is 5.73 Å². The molecule has 0 aliphatic carbocycles. The van der Waals surface area contributed by atoms with Gasteiger partial charge in [0.25, 0.3) is 0 Å². The van der Waals surface area contributed by atoms with Crippen molar-refractivity contribution in [3.63, 3.8) is 0 Å². The number of nitrogen functional groups attached to an aromatic ring is 1. The molecule has 0 aliphatic heterocycles. The number of hydrogen-bond acceptors (Lipinski definition) is 3. The molecule has 1 unspecified atom stereocenters. The fraction of sp³-hybridized carbons (Fsp3) is 0.267. The molecule has 3 N–H and O–H groups in total. The summed E-state index contributed by atoms with van der Waals surface area (Å²) in [4.78, 5) is 4.02. The molecule has 1 heterocycles. The number of pyridine rings is 1. The molecule has 0 fully saturated rings. The zero-order valence-corrected chi connectivity index (χ0v) is 10.9. The van der Waals surface area contributed by atoms with E-state index in [2.05, 4.69) is 18.0 Å². The molecule has 3 heteroatoms.